The number of barbiturate groups is 1. The van der Waals surface area contributed by atoms with E-state index in [1.54, 1.807) is 24.3 Å². The molecule has 1 heterocycles. The van der Waals surface area contributed by atoms with Crippen LogP contribution < -0.4 is 10.6 Å². The molecular weight excluding hydrogens is 222 g/mol. The Morgan fingerprint density at radius 2 is 1.65 bits per heavy atom. The van der Waals surface area contributed by atoms with Crippen molar-refractivity contribution in [2.24, 2.45) is 0 Å². The van der Waals surface area contributed by atoms with Gasteiger partial charge in [0.25, 0.3) is 0 Å². The van der Waals surface area contributed by atoms with Gasteiger partial charge in [-0.25, -0.2) is 9.69 Å². The van der Waals surface area contributed by atoms with E-state index in [-0.39, 0.29) is 6.42 Å². The molecule has 4 amide bonds. The smallest absolute Gasteiger partial charge is 0.337 e. The molecule has 1 saturated heterocycles. The van der Waals surface area contributed by atoms with Crippen LogP contribution in [0.25, 0.3) is 0 Å². The van der Waals surface area contributed by atoms with Crippen molar-refractivity contribution < 1.29 is 14.4 Å². The van der Waals surface area contributed by atoms with Crippen molar-refractivity contribution in [3.05, 3.63) is 24.3 Å². The molecule has 17 heavy (non-hydrogen) atoms. The topological polar surface area (TPSA) is 83.7 Å². The maximum absolute atomic E-state index is 11.8. The first-order valence-electron chi connectivity index (χ1n) is 4.99. The zero-order chi connectivity index (χ0) is 12.6. The molecule has 0 aliphatic carbocycles. The van der Waals surface area contributed by atoms with Gasteiger partial charge in [0.2, 0.25) is 11.8 Å². The highest BCUT2D eigenvalue weighted by atomic mass is 16.2. The number of benzene rings is 1. The van der Waals surface area contributed by atoms with Crippen molar-refractivity contribution in [1.82, 2.24) is 4.90 Å². The zero-order valence-electron chi connectivity index (χ0n) is 9.21. The maximum atomic E-state index is 11.8. The number of amides is 4. The highest BCUT2D eigenvalue weighted by Crippen LogP contribution is 2.21. The van der Waals surface area contributed by atoms with E-state index in [4.69, 9.17) is 5.73 Å². The Hall–Kier alpha value is -2.37. The summed E-state index contributed by atoms with van der Waals surface area (Å²) in [6.45, 7) is 0. The summed E-state index contributed by atoms with van der Waals surface area (Å²) in [5.74, 6) is -1.02. The van der Waals surface area contributed by atoms with Crippen molar-refractivity contribution in [1.29, 1.82) is 0 Å². The molecule has 1 aromatic rings. The summed E-state index contributed by atoms with van der Waals surface area (Å²) in [7, 11) is 1.35. The fraction of sp³-hybridized carbons (Fsp3) is 0.182. The minimum absolute atomic E-state index is 0.299. The third-order valence-electron chi connectivity index (χ3n) is 2.56. The number of rotatable bonds is 1. The fourth-order valence-corrected chi connectivity index (χ4v) is 1.57. The lowest BCUT2D eigenvalue weighted by atomic mass is 10.2. The molecule has 0 radical (unpaired) electrons. The van der Waals surface area contributed by atoms with E-state index in [2.05, 4.69) is 0 Å². The molecule has 0 aromatic heterocycles. The number of nitrogens with zero attached hydrogens (tertiary/aromatic N) is 2. The number of carbonyl (C=O) groups is 3. The van der Waals surface area contributed by atoms with Crippen LogP contribution in [0.1, 0.15) is 6.42 Å². The predicted molar refractivity (Wildman–Crippen MR) is 61.1 cm³/mol. The molecule has 6 nitrogen and oxygen atoms in total. The van der Waals surface area contributed by atoms with Gasteiger partial charge in [0.1, 0.15) is 6.42 Å². The first-order chi connectivity index (χ1) is 8.00. The van der Waals surface area contributed by atoms with E-state index in [9.17, 15) is 14.4 Å². The molecule has 1 fully saturated rings. The van der Waals surface area contributed by atoms with Crippen molar-refractivity contribution in [3.63, 3.8) is 0 Å². The summed E-state index contributed by atoms with van der Waals surface area (Å²) in [4.78, 5) is 36.7. The molecule has 0 bridgehead atoms. The lowest BCUT2D eigenvalue weighted by Crippen LogP contribution is -2.53. The quantitative estimate of drug-likeness (QED) is 0.568. The molecule has 2 N–H and O–H groups in total. The molecule has 88 valence electrons. The maximum Gasteiger partial charge on any atom is 0.337 e. The summed E-state index contributed by atoms with van der Waals surface area (Å²) in [6.07, 6.45) is -0.299. The van der Waals surface area contributed by atoms with Crippen LogP contribution in [0.2, 0.25) is 0 Å². The van der Waals surface area contributed by atoms with Gasteiger partial charge in [-0.1, -0.05) is 0 Å². The van der Waals surface area contributed by atoms with Gasteiger partial charge in [0.15, 0.2) is 0 Å². The summed E-state index contributed by atoms with van der Waals surface area (Å²) in [6, 6.07) is 5.67. The van der Waals surface area contributed by atoms with E-state index in [1.807, 2.05) is 0 Å². The lowest BCUT2D eigenvalue weighted by molar-refractivity contribution is -0.133. The van der Waals surface area contributed by atoms with Crippen LogP contribution >= 0.6 is 0 Å². The van der Waals surface area contributed by atoms with Gasteiger partial charge in [-0.05, 0) is 24.3 Å². The van der Waals surface area contributed by atoms with Crippen molar-refractivity contribution >= 4 is 29.2 Å². The van der Waals surface area contributed by atoms with Gasteiger partial charge in [-0.2, -0.15) is 0 Å². The van der Waals surface area contributed by atoms with Crippen molar-refractivity contribution in [2.75, 3.05) is 17.7 Å². The van der Waals surface area contributed by atoms with Crippen molar-refractivity contribution in [2.45, 2.75) is 6.42 Å². The van der Waals surface area contributed by atoms with E-state index >= 15 is 0 Å². The molecule has 0 spiro atoms. The Kier molecular flexibility index (Phi) is 2.55. The number of hydrogen-bond donors (Lipinski definition) is 1. The molecule has 1 aliphatic rings. The number of imide groups is 2. The number of hydrogen-bond acceptors (Lipinski definition) is 4. The second-order valence-corrected chi connectivity index (χ2v) is 3.73. The highest BCUT2D eigenvalue weighted by molar-refractivity contribution is 6.26. The van der Waals surface area contributed by atoms with E-state index in [0.29, 0.717) is 11.4 Å². The van der Waals surface area contributed by atoms with E-state index in [0.717, 1.165) is 9.80 Å². The molecule has 6 heteroatoms. The van der Waals surface area contributed by atoms with Crippen LogP contribution in [0.15, 0.2) is 24.3 Å². The Morgan fingerprint density at radius 1 is 1.06 bits per heavy atom. The van der Waals surface area contributed by atoms with Gasteiger partial charge in [-0.3, -0.25) is 14.5 Å². The fourth-order valence-electron chi connectivity index (χ4n) is 1.57. The normalized spacial score (nSPS) is 16.6. The summed E-state index contributed by atoms with van der Waals surface area (Å²) in [5, 5.41) is 0. The second kappa shape index (κ2) is 3.89. The van der Waals surface area contributed by atoms with Gasteiger partial charge < -0.3 is 5.73 Å². The number of urea groups is 1. The first-order valence-corrected chi connectivity index (χ1v) is 4.99. The Balaban J connectivity index is 2.37. The largest absolute Gasteiger partial charge is 0.399 e. The number of nitrogen functional groups attached to an aromatic ring is 1. The molecule has 1 aromatic carbocycles. The zero-order valence-corrected chi connectivity index (χ0v) is 9.21. The van der Waals surface area contributed by atoms with Gasteiger partial charge in [0.05, 0.1) is 5.69 Å². The number of nitrogens with two attached hydrogens (primary N) is 1. The van der Waals surface area contributed by atoms with Crippen molar-refractivity contribution in [3.8, 4) is 0 Å². The minimum atomic E-state index is -0.643. The third kappa shape index (κ3) is 1.84. The molecule has 0 saturated carbocycles. The lowest BCUT2D eigenvalue weighted by Gasteiger charge is -2.30. The molecule has 0 unspecified atom stereocenters. The Morgan fingerprint density at radius 3 is 2.24 bits per heavy atom. The number of carbonyl (C=O) groups excluding carboxylic acids is 3. The third-order valence-corrected chi connectivity index (χ3v) is 2.56. The van der Waals surface area contributed by atoms with Crippen LogP contribution in [0.4, 0.5) is 16.2 Å². The van der Waals surface area contributed by atoms with E-state index < -0.39 is 17.8 Å². The van der Waals surface area contributed by atoms with Gasteiger partial charge in [-0.15, -0.1) is 0 Å². The average Bonchev–Trinajstić information content (AvgIpc) is 2.29. The summed E-state index contributed by atoms with van der Waals surface area (Å²) >= 11 is 0. The standard InChI is InChI=1S/C11H11N3O3/c1-13-9(15)6-10(16)14(11(13)17)8-4-2-7(12)3-5-8/h2-5H,6,12H2,1H3. The SMILES string of the molecule is CN1C(=O)CC(=O)N(c2ccc(N)cc2)C1=O. The summed E-state index contributed by atoms with van der Waals surface area (Å²) in [5.41, 5.74) is 6.47. The second-order valence-electron chi connectivity index (χ2n) is 3.73. The molecule has 0 atom stereocenters. The molecule has 2 rings (SSSR count). The molecular formula is C11H11N3O3. The first kappa shape index (κ1) is 11.1. The average molecular weight is 233 g/mol. The highest BCUT2D eigenvalue weighted by Gasteiger charge is 2.36. The Labute approximate surface area is 97.6 Å². The van der Waals surface area contributed by atoms with Crippen LogP contribution in [0, 0.1) is 0 Å². The Bertz CT molecular complexity index is 495. The molecule has 1 aliphatic heterocycles. The minimum Gasteiger partial charge on any atom is -0.399 e. The van der Waals surface area contributed by atoms with Gasteiger partial charge in [0, 0.05) is 12.7 Å². The predicted octanol–water partition coefficient (Wildman–Crippen LogP) is 0.584. The van der Waals surface area contributed by atoms with Gasteiger partial charge >= 0.3 is 6.03 Å². The monoisotopic (exact) mass is 233 g/mol. The van der Waals surface area contributed by atoms with Crippen LogP contribution in [0.3, 0.4) is 0 Å². The van der Waals surface area contributed by atoms with Crippen LogP contribution in [-0.4, -0.2) is 29.8 Å². The summed E-state index contributed by atoms with van der Waals surface area (Å²) < 4.78 is 0. The van der Waals surface area contributed by atoms with Crippen LogP contribution in [-0.2, 0) is 9.59 Å². The van der Waals surface area contributed by atoms with Crippen LogP contribution in [0.5, 0.6) is 0 Å². The van der Waals surface area contributed by atoms with E-state index in [1.165, 1.54) is 7.05 Å². The number of anilines is 2.